The van der Waals surface area contributed by atoms with Gasteiger partial charge in [0.25, 0.3) is 0 Å². The van der Waals surface area contributed by atoms with Crippen molar-refractivity contribution in [3.63, 3.8) is 0 Å². The number of hydrogen-bond donors (Lipinski definition) is 0. The average Bonchev–Trinajstić information content (AvgIpc) is 2.58. The Morgan fingerprint density at radius 2 is 2.07 bits per heavy atom. The zero-order valence-corrected chi connectivity index (χ0v) is 9.33. The summed E-state index contributed by atoms with van der Waals surface area (Å²) in [4.78, 5) is 11.7. The van der Waals surface area contributed by atoms with Crippen molar-refractivity contribution in [3.05, 3.63) is 35.4 Å². The van der Waals surface area contributed by atoms with Crippen LogP contribution < -0.4 is 0 Å². The molecule has 1 aromatic rings. The van der Waals surface area contributed by atoms with Crippen LogP contribution in [0.4, 0.5) is 0 Å². The normalized spacial score (nSPS) is 19.3. The molecular formula is C14H18O. The predicted molar refractivity (Wildman–Crippen MR) is 62.3 cm³/mol. The second-order valence-electron chi connectivity index (χ2n) is 4.41. The number of ketones is 1. The minimum atomic E-state index is 0.340. The van der Waals surface area contributed by atoms with Gasteiger partial charge in [-0.05, 0) is 17.9 Å². The third-order valence-electron chi connectivity index (χ3n) is 3.29. The van der Waals surface area contributed by atoms with Gasteiger partial charge in [0.1, 0.15) is 0 Å². The van der Waals surface area contributed by atoms with Crippen LogP contribution in [0.2, 0.25) is 0 Å². The number of Topliss-reactive ketones (excluding diaryl/α,β-unsaturated/α-hetero) is 1. The Morgan fingerprint density at radius 1 is 1.27 bits per heavy atom. The van der Waals surface area contributed by atoms with Gasteiger partial charge in [-0.15, -0.1) is 0 Å². The Bertz CT molecular complexity index is 354. The van der Waals surface area contributed by atoms with Gasteiger partial charge in [-0.3, -0.25) is 4.79 Å². The van der Waals surface area contributed by atoms with Gasteiger partial charge in [0, 0.05) is 12.0 Å². The van der Waals surface area contributed by atoms with Crippen molar-refractivity contribution in [1.82, 2.24) is 0 Å². The lowest BCUT2D eigenvalue weighted by Crippen LogP contribution is -1.94. The van der Waals surface area contributed by atoms with Crippen LogP contribution in [0.3, 0.4) is 0 Å². The molecule has 0 fully saturated rings. The third-order valence-corrected chi connectivity index (χ3v) is 3.29. The largest absolute Gasteiger partial charge is 0.294 e. The average molecular weight is 202 g/mol. The molecule has 0 aromatic heterocycles. The summed E-state index contributed by atoms with van der Waals surface area (Å²) in [5, 5.41) is 0. The standard InChI is InChI=1S/C14H18O/c1-2-3-4-7-11-10-14(15)13-9-6-5-8-12(11)13/h5-6,8-9,11H,2-4,7,10H2,1H3. The monoisotopic (exact) mass is 202 g/mol. The second-order valence-corrected chi connectivity index (χ2v) is 4.41. The van der Waals surface area contributed by atoms with Crippen molar-refractivity contribution in [2.75, 3.05) is 0 Å². The molecule has 80 valence electrons. The number of rotatable bonds is 4. The Hall–Kier alpha value is -1.11. The lowest BCUT2D eigenvalue weighted by atomic mass is 9.95. The number of unbranched alkanes of at least 4 members (excludes halogenated alkanes) is 2. The van der Waals surface area contributed by atoms with Crippen LogP contribution in [0.1, 0.15) is 60.9 Å². The molecular weight excluding hydrogens is 184 g/mol. The van der Waals surface area contributed by atoms with Crippen molar-refractivity contribution in [3.8, 4) is 0 Å². The van der Waals surface area contributed by atoms with Crippen molar-refractivity contribution < 1.29 is 4.79 Å². The third kappa shape index (κ3) is 2.11. The molecule has 0 amide bonds. The molecule has 1 aliphatic carbocycles. The predicted octanol–water partition coefficient (Wildman–Crippen LogP) is 3.94. The van der Waals surface area contributed by atoms with Gasteiger partial charge < -0.3 is 0 Å². The molecule has 0 N–H and O–H groups in total. The van der Waals surface area contributed by atoms with Gasteiger partial charge in [0.05, 0.1) is 0 Å². The van der Waals surface area contributed by atoms with E-state index in [2.05, 4.69) is 13.0 Å². The molecule has 1 atom stereocenters. The molecule has 0 aliphatic heterocycles. The molecule has 0 spiro atoms. The van der Waals surface area contributed by atoms with Crippen molar-refractivity contribution in [1.29, 1.82) is 0 Å². The van der Waals surface area contributed by atoms with Gasteiger partial charge in [-0.1, -0.05) is 50.5 Å². The summed E-state index contributed by atoms with van der Waals surface area (Å²) in [6, 6.07) is 8.10. The summed E-state index contributed by atoms with van der Waals surface area (Å²) in [6.07, 6.45) is 5.71. The highest BCUT2D eigenvalue weighted by atomic mass is 16.1. The zero-order chi connectivity index (χ0) is 10.7. The maximum absolute atomic E-state index is 11.7. The van der Waals surface area contributed by atoms with Crippen LogP contribution in [0.15, 0.2) is 24.3 Å². The van der Waals surface area contributed by atoms with E-state index in [9.17, 15) is 4.79 Å². The van der Waals surface area contributed by atoms with E-state index in [-0.39, 0.29) is 0 Å². The fraction of sp³-hybridized carbons (Fsp3) is 0.500. The summed E-state index contributed by atoms with van der Waals surface area (Å²) in [6.45, 7) is 2.22. The minimum Gasteiger partial charge on any atom is -0.294 e. The summed E-state index contributed by atoms with van der Waals surface area (Å²) in [5.41, 5.74) is 2.26. The van der Waals surface area contributed by atoms with Crippen molar-refractivity contribution in [2.45, 2.75) is 44.9 Å². The first-order chi connectivity index (χ1) is 7.33. The summed E-state index contributed by atoms with van der Waals surface area (Å²) >= 11 is 0. The van der Waals surface area contributed by atoms with E-state index < -0.39 is 0 Å². The van der Waals surface area contributed by atoms with Crippen LogP contribution in [0, 0.1) is 0 Å². The molecule has 15 heavy (non-hydrogen) atoms. The van der Waals surface area contributed by atoms with E-state index in [0.717, 1.165) is 12.0 Å². The second kappa shape index (κ2) is 4.61. The Labute approximate surface area is 91.5 Å². The van der Waals surface area contributed by atoms with E-state index in [1.165, 1.54) is 31.2 Å². The highest BCUT2D eigenvalue weighted by Crippen LogP contribution is 2.36. The topological polar surface area (TPSA) is 17.1 Å². The van der Waals surface area contributed by atoms with E-state index in [1.54, 1.807) is 0 Å². The molecule has 1 heteroatoms. The molecule has 0 radical (unpaired) electrons. The van der Waals surface area contributed by atoms with Crippen LogP contribution in [-0.2, 0) is 0 Å². The lowest BCUT2D eigenvalue weighted by molar-refractivity contribution is 0.0988. The van der Waals surface area contributed by atoms with Gasteiger partial charge in [0.15, 0.2) is 5.78 Å². The Kier molecular flexibility index (Phi) is 3.20. The summed E-state index contributed by atoms with van der Waals surface area (Å²) < 4.78 is 0. The maximum Gasteiger partial charge on any atom is 0.163 e. The van der Waals surface area contributed by atoms with Crippen LogP contribution in [0.5, 0.6) is 0 Å². The molecule has 0 bridgehead atoms. The summed E-state index contributed by atoms with van der Waals surface area (Å²) in [7, 11) is 0. The number of benzene rings is 1. The van der Waals surface area contributed by atoms with Gasteiger partial charge in [-0.2, -0.15) is 0 Å². The molecule has 2 rings (SSSR count). The van der Waals surface area contributed by atoms with E-state index in [4.69, 9.17) is 0 Å². The molecule has 1 aromatic carbocycles. The van der Waals surface area contributed by atoms with Gasteiger partial charge in [-0.25, -0.2) is 0 Å². The smallest absolute Gasteiger partial charge is 0.163 e. The zero-order valence-electron chi connectivity index (χ0n) is 9.33. The fourth-order valence-corrected chi connectivity index (χ4v) is 2.45. The highest BCUT2D eigenvalue weighted by molar-refractivity contribution is 6.01. The first kappa shape index (κ1) is 10.4. The first-order valence-electron chi connectivity index (χ1n) is 5.95. The van der Waals surface area contributed by atoms with Gasteiger partial charge >= 0.3 is 0 Å². The van der Waals surface area contributed by atoms with Crippen LogP contribution in [-0.4, -0.2) is 5.78 Å². The molecule has 1 nitrogen and oxygen atoms in total. The van der Waals surface area contributed by atoms with E-state index >= 15 is 0 Å². The van der Waals surface area contributed by atoms with E-state index in [1.807, 2.05) is 18.2 Å². The molecule has 0 heterocycles. The van der Waals surface area contributed by atoms with Crippen LogP contribution in [0.25, 0.3) is 0 Å². The van der Waals surface area contributed by atoms with Crippen LogP contribution >= 0.6 is 0 Å². The lowest BCUT2D eigenvalue weighted by Gasteiger charge is -2.09. The fourth-order valence-electron chi connectivity index (χ4n) is 2.45. The SMILES string of the molecule is CCCCCC1CC(=O)c2ccccc21. The van der Waals surface area contributed by atoms with Gasteiger partial charge in [0.2, 0.25) is 0 Å². The molecule has 1 aliphatic rings. The first-order valence-corrected chi connectivity index (χ1v) is 5.95. The van der Waals surface area contributed by atoms with Crippen molar-refractivity contribution >= 4 is 5.78 Å². The highest BCUT2D eigenvalue weighted by Gasteiger charge is 2.27. The number of fused-ring (bicyclic) bond motifs is 1. The van der Waals surface area contributed by atoms with E-state index in [0.29, 0.717) is 11.7 Å². The number of carbonyl (C=O) groups excluding carboxylic acids is 1. The Balaban J connectivity index is 2.08. The maximum atomic E-state index is 11.7. The molecule has 1 unspecified atom stereocenters. The Morgan fingerprint density at radius 3 is 2.87 bits per heavy atom. The minimum absolute atomic E-state index is 0.340. The number of hydrogen-bond acceptors (Lipinski definition) is 1. The molecule has 0 saturated heterocycles. The summed E-state index contributed by atoms with van der Waals surface area (Å²) in [5.74, 6) is 0.840. The number of carbonyl (C=O) groups is 1. The quantitative estimate of drug-likeness (QED) is 0.676. The van der Waals surface area contributed by atoms with Crippen molar-refractivity contribution in [2.24, 2.45) is 0 Å². The molecule has 0 saturated carbocycles.